The Balaban J connectivity index is 2.58. The van der Waals surface area contributed by atoms with Crippen molar-refractivity contribution in [3.63, 3.8) is 0 Å². The number of halogens is 1. The standard InChI is InChI=1S/C14H11FN2O3/c1-8(18)11-12(9-3-2-4-10(15)7-9)17(6-5-16)14(20)13(11)19/h2-4,7,12,19H,6H2,1H3/t12-/m1/s1. The van der Waals surface area contributed by atoms with Crippen LogP contribution < -0.4 is 0 Å². The second-order valence-electron chi connectivity index (χ2n) is 4.37. The van der Waals surface area contributed by atoms with Gasteiger partial charge in [-0.05, 0) is 24.6 Å². The van der Waals surface area contributed by atoms with Crippen LogP contribution in [-0.4, -0.2) is 28.2 Å². The molecule has 6 heteroatoms. The lowest BCUT2D eigenvalue weighted by molar-refractivity contribution is -0.128. The summed E-state index contributed by atoms with van der Waals surface area (Å²) in [4.78, 5) is 24.6. The molecule has 0 unspecified atom stereocenters. The van der Waals surface area contributed by atoms with Crippen LogP contribution in [0.5, 0.6) is 0 Å². The Morgan fingerprint density at radius 2 is 2.25 bits per heavy atom. The van der Waals surface area contributed by atoms with Crippen LogP contribution in [0, 0.1) is 17.1 Å². The number of nitriles is 1. The number of hydrogen-bond donors (Lipinski definition) is 1. The van der Waals surface area contributed by atoms with E-state index in [0.29, 0.717) is 5.56 Å². The Bertz CT molecular complexity index is 661. The summed E-state index contributed by atoms with van der Waals surface area (Å²) in [6.45, 7) is 0.905. The zero-order valence-corrected chi connectivity index (χ0v) is 10.6. The number of aliphatic hydroxyl groups excluding tert-OH is 1. The summed E-state index contributed by atoms with van der Waals surface area (Å²) in [6, 6.07) is 6.23. The first kappa shape index (κ1) is 13.7. The lowest BCUT2D eigenvalue weighted by atomic mass is 9.97. The molecular formula is C14H11FN2O3. The molecule has 20 heavy (non-hydrogen) atoms. The number of nitrogens with zero attached hydrogens (tertiary/aromatic N) is 2. The third-order valence-corrected chi connectivity index (χ3v) is 3.09. The van der Waals surface area contributed by atoms with Crippen molar-refractivity contribution in [2.45, 2.75) is 13.0 Å². The first-order valence-electron chi connectivity index (χ1n) is 5.84. The Morgan fingerprint density at radius 3 is 2.80 bits per heavy atom. The fourth-order valence-electron chi connectivity index (χ4n) is 2.28. The molecule has 5 nitrogen and oxygen atoms in total. The number of hydrogen-bond acceptors (Lipinski definition) is 4. The van der Waals surface area contributed by atoms with Gasteiger partial charge in [-0.2, -0.15) is 5.26 Å². The van der Waals surface area contributed by atoms with Gasteiger partial charge in [0.1, 0.15) is 12.4 Å². The van der Waals surface area contributed by atoms with Gasteiger partial charge in [0.25, 0.3) is 5.91 Å². The van der Waals surface area contributed by atoms with E-state index in [-0.39, 0.29) is 12.1 Å². The average molecular weight is 274 g/mol. The minimum absolute atomic E-state index is 0.115. The van der Waals surface area contributed by atoms with Gasteiger partial charge in [0, 0.05) is 0 Å². The molecule has 2 rings (SSSR count). The van der Waals surface area contributed by atoms with Crippen LogP contribution in [0.3, 0.4) is 0 Å². The predicted molar refractivity (Wildman–Crippen MR) is 66.8 cm³/mol. The molecule has 1 N–H and O–H groups in total. The van der Waals surface area contributed by atoms with Crippen molar-refractivity contribution in [1.82, 2.24) is 4.90 Å². The van der Waals surface area contributed by atoms with Crippen LogP contribution in [0.2, 0.25) is 0 Å². The van der Waals surface area contributed by atoms with Gasteiger partial charge in [-0.25, -0.2) is 4.39 Å². The van der Waals surface area contributed by atoms with Gasteiger partial charge in [0.05, 0.1) is 17.7 Å². The van der Waals surface area contributed by atoms with E-state index < -0.39 is 29.3 Å². The summed E-state index contributed by atoms with van der Waals surface area (Å²) in [5.41, 5.74) is 0.221. The minimum Gasteiger partial charge on any atom is -0.503 e. The molecule has 1 atom stereocenters. The topological polar surface area (TPSA) is 81.4 Å². The molecule has 0 aromatic heterocycles. The second-order valence-corrected chi connectivity index (χ2v) is 4.37. The van der Waals surface area contributed by atoms with Gasteiger partial charge in [-0.1, -0.05) is 12.1 Å². The van der Waals surface area contributed by atoms with Gasteiger partial charge in [0.2, 0.25) is 0 Å². The van der Waals surface area contributed by atoms with Crippen LogP contribution in [0.15, 0.2) is 35.6 Å². The lowest BCUT2D eigenvalue weighted by Gasteiger charge is -2.23. The molecule has 1 aromatic rings. The zero-order chi connectivity index (χ0) is 14.9. The monoisotopic (exact) mass is 274 g/mol. The summed E-state index contributed by atoms with van der Waals surface area (Å²) < 4.78 is 13.3. The first-order chi connectivity index (χ1) is 9.47. The largest absolute Gasteiger partial charge is 0.503 e. The SMILES string of the molecule is CC(=O)C1=C(O)C(=O)N(CC#N)[C@@H]1c1cccc(F)c1. The fraction of sp³-hybridized carbons (Fsp3) is 0.214. The molecule has 1 aliphatic heterocycles. The van der Waals surface area contributed by atoms with Crippen LogP contribution >= 0.6 is 0 Å². The zero-order valence-electron chi connectivity index (χ0n) is 10.6. The maximum atomic E-state index is 13.3. The van der Waals surface area contributed by atoms with E-state index >= 15 is 0 Å². The molecule has 0 fully saturated rings. The molecule has 1 aliphatic rings. The molecule has 1 amide bonds. The van der Waals surface area contributed by atoms with E-state index in [1.165, 1.54) is 31.2 Å². The average Bonchev–Trinajstić information content (AvgIpc) is 2.64. The maximum absolute atomic E-state index is 13.3. The maximum Gasteiger partial charge on any atom is 0.290 e. The van der Waals surface area contributed by atoms with E-state index in [4.69, 9.17) is 5.26 Å². The normalized spacial score (nSPS) is 18.4. The van der Waals surface area contributed by atoms with E-state index in [2.05, 4.69) is 0 Å². The van der Waals surface area contributed by atoms with Gasteiger partial charge >= 0.3 is 0 Å². The number of rotatable bonds is 3. The number of amides is 1. The number of carbonyl (C=O) groups is 2. The Hall–Kier alpha value is -2.68. The van der Waals surface area contributed by atoms with Crippen molar-refractivity contribution in [3.05, 3.63) is 47.0 Å². The number of Topliss-reactive ketones (excluding diaryl/α,β-unsaturated/α-hetero) is 1. The second kappa shape index (κ2) is 5.13. The third-order valence-electron chi connectivity index (χ3n) is 3.09. The molecule has 1 aromatic carbocycles. The van der Waals surface area contributed by atoms with Gasteiger partial charge in [-0.15, -0.1) is 0 Å². The summed E-state index contributed by atoms with van der Waals surface area (Å²) in [5.74, 6) is -2.50. The summed E-state index contributed by atoms with van der Waals surface area (Å²) in [7, 11) is 0. The molecule has 0 spiro atoms. The van der Waals surface area contributed by atoms with E-state index in [9.17, 15) is 19.1 Å². The molecule has 102 valence electrons. The summed E-state index contributed by atoms with van der Waals surface area (Å²) in [5, 5.41) is 18.6. The highest BCUT2D eigenvalue weighted by molar-refractivity contribution is 6.08. The van der Waals surface area contributed by atoms with Gasteiger partial charge < -0.3 is 10.0 Å². The van der Waals surface area contributed by atoms with Crippen molar-refractivity contribution >= 4 is 11.7 Å². The Morgan fingerprint density at radius 1 is 1.55 bits per heavy atom. The highest BCUT2D eigenvalue weighted by atomic mass is 19.1. The number of ketones is 1. The molecule has 1 heterocycles. The van der Waals surface area contributed by atoms with Crippen molar-refractivity contribution < 1.29 is 19.1 Å². The van der Waals surface area contributed by atoms with Crippen molar-refractivity contribution in [3.8, 4) is 6.07 Å². The summed E-state index contributed by atoms with van der Waals surface area (Å²) >= 11 is 0. The van der Waals surface area contributed by atoms with E-state index in [1.807, 2.05) is 0 Å². The van der Waals surface area contributed by atoms with Crippen molar-refractivity contribution in [2.24, 2.45) is 0 Å². The molecule has 0 bridgehead atoms. The Kier molecular flexibility index (Phi) is 3.53. The quantitative estimate of drug-likeness (QED) is 0.849. The molecular weight excluding hydrogens is 263 g/mol. The van der Waals surface area contributed by atoms with Gasteiger partial charge in [-0.3, -0.25) is 9.59 Å². The first-order valence-corrected chi connectivity index (χ1v) is 5.84. The van der Waals surface area contributed by atoms with E-state index in [0.717, 1.165) is 4.90 Å². The van der Waals surface area contributed by atoms with E-state index in [1.54, 1.807) is 6.07 Å². The van der Waals surface area contributed by atoms with Crippen LogP contribution in [0.25, 0.3) is 0 Å². The van der Waals surface area contributed by atoms with Crippen LogP contribution in [-0.2, 0) is 9.59 Å². The van der Waals surface area contributed by atoms with Crippen molar-refractivity contribution in [2.75, 3.05) is 6.54 Å². The predicted octanol–water partition coefficient (Wildman–Crippen LogP) is 1.63. The fourth-order valence-corrected chi connectivity index (χ4v) is 2.28. The molecule has 0 saturated heterocycles. The Labute approximate surface area is 114 Å². The minimum atomic E-state index is -0.935. The summed E-state index contributed by atoms with van der Waals surface area (Å²) in [6.07, 6.45) is 0. The highest BCUT2D eigenvalue weighted by Gasteiger charge is 2.42. The third kappa shape index (κ3) is 2.14. The van der Waals surface area contributed by atoms with Crippen LogP contribution in [0.1, 0.15) is 18.5 Å². The number of carbonyl (C=O) groups excluding carboxylic acids is 2. The smallest absolute Gasteiger partial charge is 0.290 e. The molecule has 0 radical (unpaired) electrons. The van der Waals surface area contributed by atoms with Gasteiger partial charge in [0.15, 0.2) is 11.5 Å². The number of benzene rings is 1. The number of aliphatic hydroxyl groups is 1. The van der Waals surface area contributed by atoms with Crippen molar-refractivity contribution in [1.29, 1.82) is 5.26 Å². The highest BCUT2D eigenvalue weighted by Crippen LogP contribution is 2.37. The molecule has 0 aliphatic carbocycles. The lowest BCUT2D eigenvalue weighted by Crippen LogP contribution is -2.31. The molecule has 0 saturated carbocycles. The van der Waals surface area contributed by atoms with Crippen LogP contribution in [0.4, 0.5) is 4.39 Å².